The normalized spacial score (nSPS) is 11.9. The van der Waals surface area contributed by atoms with Crippen molar-refractivity contribution in [2.45, 2.75) is 0 Å². The summed E-state index contributed by atoms with van der Waals surface area (Å²) >= 11 is 0. The Balaban J connectivity index is 1.05. The van der Waals surface area contributed by atoms with Gasteiger partial charge in [-0.05, 0) is 53.1 Å². The summed E-state index contributed by atoms with van der Waals surface area (Å²) in [6, 6.07) is 62.6. The topological polar surface area (TPSA) is 69.9 Å². The van der Waals surface area contributed by atoms with Crippen molar-refractivity contribution in [1.29, 1.82) is 0 Å². The number of rotatable bonds is 5. The Labute approximate surface area is 325 Å². The second-order valence-electron chi connectivity index (χ2n) is 14.4. The van der Waals surface area contributed by atoms with Gasteiger partial charge in [-0.1, -0.05) is 146 Å². The van der Waals surface area contributed by atoms with E-state index in [1.54, 1.807) is 0 Å². The third kappa shape index (κ3) is 4.94. The van der Waals surface area contributed by atoms with Crippen LogP contribution in [0.2, 0.25) is 0 Å². The number of hydrogen-bond donors (Lipinski definition) is 0. The van der Waals surface area contributed by atoms with E-state index >= 15 is 0 Å². The summed E-state index contributed by atoms with van der Waals surface area (Å²) in [4.78, 5) is 15.5. The van der Waals surface area contributed by atoms with Gasteiger partial charge in [0.1, 0.15) is 22.3 Å². The van der Waals surface area contributed by atoms with E-state index in [9.17, 15) is 0 Å². The monoisotopic (exact) mass is 730 g/mol. The lowest BCUT2D eigenvalue weighted by Gasteiger charge is -2.11. The molecule has 0 amide bonds. The molecule has 8 aromatic carbocycles. The van der Waals surface area contributed by atoms with Gasteiger partial charge >= 0.3 is 0 Å². The minimum atomic E-state index is 0.548. The fourth-order valence-corrected chi connectivity index (χ4v) is 8.45. The van der Waals surface area contributed by atoms with Crippen molar-refractivity contribution in [2.24, 2.45) is 0 Å². The molecule has 6 heteroatoms. The van der Waals surface area contributed by atoms with Crippen molar-refractivity contribution in [1.82, 2.24) is 19.5 Å². The molecule has 0 aliphatic heterocycles. The van der Waals surface area contributed by atoms with E-state index in [2.05, 4.69) is 156 Å². The first-order valence-electron chi connectivity index (χ1n) is 19.0. The molecule has 266 valence electrons. The van der Waals surface area contributed by atoms with Crippen LogP contribution in [-0.4, -0.2) is 19.5 Å². The summed E-state index contributed by atoms with van der Waals surface area (Å²) in [6.07, 6.45) is 0. The minimum absolute atomic E-state index is 0.548. The van der Waals surface area contributed by atoms with E-state index in [0.29, 0.717) is 17.6 Å². The molecule has 4 heterocycles. The first-order chi connectivity index (χ1) is 28.2. The number of furan rings is 2. The number of para-hydroxylation sites is 4. The maximum atomic E-state index is 6.82. The van der Waals surface area contributed by atoms with Crippen LogP contribution in [0.15, 0.2) is 191 Å². The number of aromatic nitrogens is 4. The first-order valence-corrected chi connectivity index (χ1v) is 19.0. The lowest BCUT2D eigenvalue weighted by molar-refractivity contribution is 0.668. The smallest absolute Gasteiger partial charge is 0.238 e. The molecule has 6 nitrogen and oxygen atoms in total. The molecule has 0 aliphatic rings. The summed E-state index contributed by atoms with van der Waals surface area (Å²) in [6.45, 7) is 0. The average Bonchev–Trinajstić information content (AvgIpc) is 3.96. The molecule has 0 aliphatic carbocycles. The predicted molar refractivity (Wildman–Crippen MR) is 230 cm³/mol. The largest absolute Gasteiger partial charge is 0.456 e. The zero-order chi connectivity index (χ0) is 37.5. The molecule has 0 bridgehead atoms. The molecule has 57 heavy (non-hydrogen) atoms. The van der Waals surface area contributed by atoms with Gasteiger partial charge in [0.15, 0.2) is 11.6 Å². The van der Waals surface area contributed by atoms with E-state index < -0.39 is 0 Å². The van der Waals surface area contributed by atoms with Crippen LogP contribution in [0.1, 0.15) is 0 Å². The van der Waals surface area contributed by atoms with Crippen molar-refractivity contribution in [3.63, 3.8) is 0 Å². The molecule has 0 N–H and O–H groups in total. The first kappa shape index (κ1) is 31.5. The van der Waals surface area contributed by atoms with Crippen molar-refractivity contribution in [2.75, 3.05) is 0 Å². The molecular formula is C51H30N4O2. The summed E-state index contributed by atoms with van der Waals surface area (Å²) in [5.41, 5.74) is 11.4. The van der Waals surface area contributed by atoms with Gasteiger partial charge in [-0.2, -0.15) is 9.97 Å². The predicted octanol–water partition coefficient (Wildman–Crippen LogP) is 13.4. The molecule has 0 fully saturated rings. The highest BCUT2D eigenvalue weighted by Crippen LogP contribution is 2.42. The summed E-state index contributed by atoms with van der Waals surface area (Å²) < 4.78 is 15.2. The van der Waals surface area contributed by atoms with Crippen LogP contribution in [0.3, 0.4) is 0 Å². The lowest BCUT2D eigenvalue weighted by Crippen LogP contribution is -2.06. The van der Waals surface area contributed by atoms with Gasteiger partial charge < -0.3 is 8.83 Å². The molecule has 0 radical (unpaired) electrons. The molecule has 0 spiro atoms. The average molecular weight is 731 g/mol. The van der Waals surface area contributed by atoms with E-state index in [4.69, 9.17) is 23.8 Å². The second kappa shape index (κ2) is 12.3. The van der Waals surface area contributed by atoms with Crippen molar-refractivity contribution in [3.05, 3.63) is 182 Å². The Kier molecular flexibility index (Phi) is 6.83. The highest BCUT2D eigenvalue weighted by atomic mass is 16.3. The fraction of sp³-hybridized carbons (Fsp3) is 0. The zero-order valence-corrected chi connectivity index (χ0v) is 30.4. The number of nitrogens with zero attached hydrogens (tertiary/aromatic N) is 4. The third-order valence-electron chi connectivity index (χ3n) is 11.1. The van der Waals surface area contributed by atoms with E-state index in [0.717, 1.165) is 99.1 Å². The third-order valence-corrected chi connectivity index (χ3v) is 11.1. The maximum absolute atomic E-state index is 6.82. The van der Waals surface area contributed by atoms with Gasteiger partial charge in [-0.15, -0.1) is 0 Å². The molecule has 4 aromatic heterocycles. The van der Waals surface area contributed by atoms with Crippen molar-refractivity contribution in [3.8, 4) is 51.0 Å². The zero-order valence-electron chi connectivity index (χ0n) is 30.4. The fourth-order valence-electron chi connectivity index (χ4n) is 8.45. The van der Waals surface area contributed by atoms with E-state index in [-0.39, 0.29) is 0 Å². The lowest BCUT2D eigenvalue weighted by atomic mass is 9.97. The quantitative estimate of drug-likeness (QED) is 0.176. The Bertz CT molecular complexity index is 3470. The SMILES string of the molecule is c1ccc(-c2ccc(-c3nc(-c4ccc5c(c4)oc4c(-c6cccc7oc8ccccc8c67)cccc45)nc(-n4c5ccccc5c5ccccc54)n3)cc2)cc1. The maximum Gasteiger partial charge on any atom is 0.238 e. The highest BCUT2D eigenvalue weighted by Gasteiger charge is 2.20. The van der Waals surface area contributed by atoms with Crippen molar-refractivity contribution >= 4 is 65.7 Å². The van der Waals surface area contributed by atoms with Crippen LogP contribution in [0.5, 0.6) is 0 Å². The Morgan fingerprint density at radius 2 is 0.930 bits per heavy atom. The minimum Gasteiger partial charge on any atom is -0.456 e. The van der Waals surface area contributed by atoms with E-state index in [1.807, 2.05) is 30.3 Å². The highest BCUT2D eigenvalue weighted by molar-refractivity contribution is 6.17. The Morgan fingerprint density at radius 3 is 1.72 bits per heavy atom. The summed E-state index contributed by atoms with van der Waals surface area (Å²) in [5, 5.41) is 6.50. The van der Waals surface area contributed by atoms with Crippen LogP contribution >= 0.6 is 0 Å². The van der Waals surface area contributed by atoms with Crippen LogP contribution in [-0.2, 0) is 0 Å². The van der Waals surface area contributed by atoms with Gasteiger partial charge in [0.05, 0.1) is 11.0 Å². The molecule has 0 unspecified atom stereocenters. The summed E-state index contributed by atoms with van der Waals surface area (Å²) in [7, 11) is 0. The molecule has 12 aromatic rings. The standard InChI is InChI=1S/C51H30N4O2/c1-2-12-31(13-3-1)32-24-26-33(27-25-32)49-52-50(54-51(53-49)55-42-20-7-4-14-35(42)36-15-5-8-21-43(36)55)34-28-29-37-39-18-10-19-40(48(39)57-46(37)30-34)38-17-11-23-45-47(38)41-16-6-9-22-44(41)56-45/h1-30H. The number of fused-ring (bicyclic) bond motifs is 9. The van der Waals surface area contributed by atoms with Gasteiger partial charge in [0, 0.05) is 49.0 Å². The Hall–Kier alpha value is -7.83. The molecule has 12 rings (SSSR count). The molecule has 0 saturated carbocycles. The van der Waals surface area contributed by atoms with Crippen LogP contribution in [0.4, 0.5) is 0 Å². The van der Waals surface area contributed by atoms with Crippen LogP contribution < -0.4 is 0 Å². The van der Waals surface area contributed by atoms with Gasteiger partial charge in [-0.25, -0.2) is 4.98 Å². The second-order valence-corrected chi connectivity index (χ2v) is 14.4. The van der Waals surface area contributed by atoms with E-state index in [1.165, 1.54) is 0 Å². The van der Waals surface area contributed by atoms with Crippen molar-refractivity contribution < 1.29 is 8.83 Å². The van der Waals surface area contributed by atoms with Gasteiger partial charge in [-0.3, -0.25) is 4.57 Å². The van der Waals surface area contributed by atoms with Gasteiger partial charge in [0.25, 0.3) is 0 Å². The summed E-state index contributed by atoms with van der Waals surface area (Å²) in [5.74, 6) is 1.69. The Morgan fingerprint density at radius 1 is 0.351 bits per heavy atom. The van der Waals surface area contributed by atoms with Crippen LogP contribution in [0, 0.1) is 0 Å². The number of benzene rings is 8. The molecule has 0 saturated heterocycles. The number of hydrogen-bond acceptors (Lipinski definition) is 5. The molecular weight excluding hydrogens is 701 g/mol. The van der Waals surface area contributed by atoms with Gasteiger partial charge in [0.2, 0.25) is 5.95 Å². The van der Waals surface area contributed by atoms with Crippen LogP contribution in [0.25, 0.3) is 117 Å². The molecule has 0 atom stereocenters.